The number of nitrogens with one attached hydrogen (secondary N) is 1. The van der Waals surface area contributed by atoms with E-state index < -0.39 is 0 Å². The SMILES string of the molecule is C=C(\C=C(/C=C(C)/C(C)=C/C=C\C=C\CC)n1c2ccccc2c2c3c4ccccc4[nH]c3c3ccccc3c21)C(/C=C\C=C/C)=C\CC.CC. The van der Waals surface area contributed by atoms with Crippen molar-refractivity contribution in [3.63, 3.8) is 0 Å². The highest BCUT2D eigenvalue weighted by Gasteiger charge is 2.22. The topological polar surface area (TPSA) is 20.7 Å². The number of allylic oxidation sites excluding steroid dienone is 17. The smallest absolute Gasteiger partial charge is 0.0627 e. The lowest BCUT2D eigenvalue weighted by Gasteiger charge is -2.15. The molecule has 51 heavy (non-hydrogen) atoms. The fourth-order valence-corrected chi connectivity index (χ4v) is 6.70. The Labute approximate surface area is 304 Å². The number of fused-ring (bicyclic) bond motifs is 10. The molecule has 2 nitrogen and oxygen atoms in total. The van der Waals surface area contributed by atoms with E-state index in [1.54, 1.807) is 0 Å². The zero-order chi connectivity index (χ0) is 36.3. The molecule has 0 amide bonds. The minimum atomic E-state index is 0.922. The van der Waals surface area contributed by atoms with Crippen LogP contribution >= 0.6 is 0 Å². The fraction of sp³-hybridized carbons (Fsp3) is 0.184. The van der Waals surface area contributed by atoms with Crippen LogP contribution in [0.1, 0.15) is 61.3 Å². The van der Waals surface area contributed by atoms with Crippen LogP contribution in [0.5, 0.6) is 0 Å². The zero-order valence-electron chi connectivity index (χ0n) is 31.4. The molecular weight excluding hydrogens is 617 g/mol. The highest BCUT2D eigenvalue weighted by Crippen LogP contribution is 2.45. The second-order valence-corrected chi connectivity index (χ2v) is 12.5. The molecule has 0 bridgehead atoms. The second-order valence-electron chi connectivity index (χ2n) is 12.5. The van der Waals surface area contributed by atoms with Gasteiger partial charge in [-0.2, -0.15) is 0 Å². The van der Waals surface area contributed by atoms with Gasteiger partial charge >= 0.3 is 0 Å². The number of H-pyrrole nitrogens is 1. The lowest BCUT2D eigenvalue weighted by atomic mass is 9.99. The number of hydrogen-bond donors (Lipinski definition) is 1. The van der Waals surface area contributed by atoms with Crippen molar-refractivity contribution in [3.05, 3.63) is 175 Å². The number of nitrogens with zero attached hydrogens (tertiary/aromatic N) is 1. The first-order valence-electron chi connectivity index (χ1n) is 18.4. The summed E-state index contributed by atoms with van der Waals surface area (Å²) in [6.07, 6.45) is 27.8. The number of hydrogen-bond acceptors (Lipinski definition) is 0. The van der Waals surface area contributed by atoms with E-state index in [1.807, 2.05) is 26.8 Å². The molecule has 0 radical (unpaired) electrons. The van der Waals surface area contributed by atoms with Crippen molar-refractivity contribution in [2.75, 3.05) is 0 Å². The monoisotopic (exact) mass is 668 g/mol. The molecule has 0 fully saturated rings. The van der Waals surface area contributed by atoms with Crippen molar-refractivity contribution >= 4 is 60.1 Å². The van der Waals surface area contributed by atoms with Crippen LogP contribution in [0.25, 0.3) is 60.1 Å². The van der Waals surface area contributed by atoms with E-state index in [0.29, 0.717) is 0 Å². The Hall–Kier alpha value is -5.60. The predicted molar refractivity (Wildman–Crippen MR) is 229 cm³/mol. The largest absolute Gasteiger partial charge is 0.354 e. The van der Waals surface area contributed by atoms with Gasteiger partial charge in [0.2, 0.25) is 0 Å². The predicted octanol–water partition coefficient (Wildman–Crippen LogP) is 14.9. The van der Waals surface area contributed by atoms with Crippen molar-refractivity contribution in [1.82, 2.24) is 9.55 Å². The number of aromatic nitrogens is 2. The summed E-state index contributed by atoms with van der Waals surface area (Å²) in [6.45, 7) is 19.4. The Kier molecular flexibility index (Phi) is 12.5. The molecule has 2 heteroatoms. The lowest BCUT2D eigenvalue weighted by molar-refractivity contribution is 1.20. The molecule has 1 N–H and O–H groups in total. The standard InChI is InChI=1S/C47H46N2.C2H6/c1-7-10-12-13-15-23-33(4)34(5)31-37(32-35(6)36(22-9-3)24-14-11-8-2)49-43-30-21-19-28-41(43)45-44-40-27-18-20-29-42(40)48-46(44)38-25-16-17-26-39(38)47(45)49;1-2/h8,10-32,48H,6-7,9H2,1-5H3;1-2H3/b11-8-,12-10+,15-13-,24-14-,33-23+,34-31+,36-22-,37-32+;. The summed E-state index contributed by atoms with van der Waals surface area (Å²) in [5.74, 6) is 0. The van der Waals surface area contributed by atoms with Gasteiger partial charge in [0.25, 0.3) is 0 Å². The van der Waals surface area contributed by atoms with Crippen LogP contribution in [0.2, 0.25) is 0 Å². The van der Waals surface area contributed by atoms with Gasteiger partial charge in [-0.15, -0.1) is 0 Å². The average molecular weight is 669 g/mol. The van der Waals surface area contributed by atoms with Gasteiger partial charge in [0.15, 0.2) is 0 Å². The van der Waals surface area contributed by atoms with E-state index in [0.717, 1.165) is 35.2 Å². The Bertz CT molecular complexity index is 2440. The maximum Gasteiger partial charge on any atom is 0.0627 e. The Morgan fingerprint density at radius 1 is 0.706 bits per heavy atom. The number of para-hydroxylation sites is 2. The lowest BCUT2D eigenvalue weighted by Crippen LogP contribution is -1.98. The molecule has 0 saturated carbocycles. The summed E-state index contributed by atoms with van der Waals surface area (Å²) in [6, 6.07) is 26.3. The zero-order valence-corrected chi connectivity index (χ0v) is 31.4. The number of aromatic amines is 1. The van der Waals surface area contributed by atoms with Crippen LogP contribution in [-0.4, -0.2) is 9.55 Å². The highest BCUT2D eigenvalue weighted by atomic mass is 15.0. The minimum Gasteiger partial charge on any atom is -0.354 e. The summed E-state index contributed by atoms with van der Waals surface area (Å²) in [5.41, 5.74) is 10.3. The van der Waals surface area contributed by atoms with Crippen molar-refractivity contribution < 1.29 is 0 Å². The number of benzene rings is 4. The molecule has 6 aromatic rings. The van der Waals surface area contributed by atoms with Gasteiger partial charge in [-0.25, -0.2) is 0 Å². The van der Waals surface area contributed by atoms with Crippen molar-refractivity contribution in [3.8, 4) is 0 Å². The Morgan fingerprint density at radius 3 is 2.12 bits per heavy atom. The third kappa shape index (κ3) is 7.61. The van der Waals surface area contributed by atoms with E-state index in [-0.39, 0.29) is 0 Å². The average Bonchev–Trinajstić information content (AvgIpc) is 3.71. The molecular formula is C49H52N2. The summed E-state index contributed by atoms with van der Waals surface area (Å²) in [5, 5.41) is 7.43. The fourth-order valence-electron chi connectivity index (χ4n) is 6.70. The maximum absolute atomic E-state index is 4.64. The van der Waals surface area contributed by atoms with Gasteiger partial charge in [0.1, 0.15) is 0 Å². The molecule has 2 heterocycles. The van der Waals surface area contributed by atoms with Gasteiger partial charge in [0.05, 0.1) is 16.6 Å². The van der Waals surface area contributed by atoms with Crippen molar-refractivity contribution in [2.45, 2.75) is 61.3 Å². The van der Waals surface area contributed by atoms with Gasteiger partial charge in [-0.1, -0.05) is 156 Å². The van der Waals surface area contributed by atoms with E-state index in [4.69, 9.17) is 0 Å². The van der Waals surface area contributed by atoms with Gasteiger partial charge in [0, 0.05) is 43.5 Å². The molecule has 0 aliphatic heterocycles. The quantitative estimate of drug-likeness (QED) is 0.133. The van der Waals surface area contributed by atoms with E-state index in [1.165, 1.54) is 60.0 Å². The Morgan fingerprint density at radius 2 is 1.39 bits per heavy atom. The van der Waals surface area contributed by atoms with Crippen LogP contribution in [0.15, 0.2) is 175 Å². The molecule has 0 aliphatic rings. The van der Waals surface area contributed by atoms with Crippen molar-refractivity contribution in [1.29, 1.82) is 0 Å². The van der Waals surface area contributed by atoms with Gasteiger partial charge in [-0.3, -0.25) is 0 Å². The molecule has 4 aromatic carbocycles. The number of rotatable bonds is 11. The minimum absolute atomic E-state index is 0.922. The first kappa shape index (κ1) is 36.7. The molecule has 0 unspecified atom stereocenters. The maximum atomic E-state index is 4.64. The third-order valence-corrected chi connectivity index (χ3v) is 9.16. The molecule has 258 valence electrons. The molecule has 0 atom stereocenters. The Balaban J connectivity index is 0.00000248. The summed E-state index contributed by atoms with van der Waals surface area (Å²) in [7, 11) is 0. The van der Waals surface area contributed by atoms with Crippen LogP contribution in [0.4, 0.5) is 0 Å². The first-order valence-corrected chi connectivity index (χ1v) is 18.4. The molecule has 2 aromatic heterocycles. The van der Waals surface area contributed by atoms with E-state index >= 15 is 0 Å². The van der Waals surface area contributed by atoms with Crippen LogP contribution in [-0.2, 0) is 0 Å². The highest BCUT2D eigenvalue weighted by molar-refractivity contribution is 6.37. The summed E-state index contributed by atoms with van der Waals surface area (Å²) in [4.78, 5) is 3.79. The second kappa shape index (κ2) is 17.4. The van der Waals surface area contributed by atoms with Crippen LogP contribution < -0.4 is 0 Å². The molecule has 0 saturated heterocycles. The van der Waals surface area contributed by atoms with E-state index in [9.17, 15) is 0 Å². The summed E-state index contributed by atoms with van der Waals surface area (Å²) >= 11 is 0. The normalized spacial score (nSPS) is 13.8. The summed E-state index contributed by atoms with van der Waals surface area (Å²) < 4.78 is 2.47. The third-order valence-electron chi connectivity index (χ3n) is 9.16. The molecule has 0 aliphatic carbocycles. The van der Waals surface area contributed by atoms with E-state index in [2.05, 4.69) is 183 Å². The first-order chi connectivity index (χ1) is 25.0. The van der Waals surface area contributed by atoms with Gasteiger partial charge in [-0.05, 0) is 80.2 Å². The van der Waals surface area contributed by atoms with Crippen LogP contribution in [0.3, 0.4) is 0 Å². The van der Waals surface area contributed by atoms with Gasteiger partial charge < -0.3 is 9.55 Å². The van der Waals surface area contributed by atoms with Crippen LogP contribution in [0, 0.1) is 0 Å². The molecule has 6 rings (SSSR count). The van der Waals surface area contributed by atoms with Crippen molar-refractivity contribution in [2.24, 2.45) is 0 Å². The molecule has 0 spiro atoms.